The van der Waals surface area contributed by atoms with E-state index in [4.69, 9.17) is 10.8 Å². The number of benzene rings is 1. The minimum absolute atomic E-state index is 0.0381. The molecule has 0 unspecified atom stereocenters. The van der Waals surface area contributed by atoms with Gasteiger partial charge in [0.05, 0.1) is 11.3 Å². The highest BCUT2D eigenvalue weighted by Crippen LogP contribution is 2.34. The lowest BCUT2D eigenvalue weighted by atomic mass is 10.1. The van der Waals surface area contributed by atoms with E-state index in [1.165, 1.54) is 6.07 Å². The van der Waals surface area contributed by atoms with Crippen LogP contribution in [-0.2, 0) is 0 Å². The molecule has 2 rings (SSSR count). The largest absolute Gasteiger partial charge is 0.478 e. The highest BCUT2D eigenvalue weighted by Gasteiger charge is 2.27. The van der Waals surface area contributed by atoms with Gasteiger partial charge in [0.15, 0.2) is 0 Å². The summed E-state index contributed by atoms with van der Waals surface area (Å²) in [5.41, 5.74) is 5.79. The maximum Gasteiger partial charge on any atom is 0.337 e. The Labute approximate surface area is 112 Å². The summed E-state index contributed by atoms with van der Waals surface area (Å²) in [6, 6.07) is 2.55. The van der Waals surface area contributed by atoms with Gasteiger partial charge in [-0.2, -0.15) is 0 Å². The van der Waals surface area contributed by atoms with E-state index in [-0.39, 0.29) is 17.3 Å². The summed E-state index contributed by atoms with van der Waals surface area (Å²) >= 11 is 0. The molecule has 0 amide bonds. The van der Waals surface area contributed by atoms with E-state index < -0.39 is 11.8 Å². The highest BCUT2D eigenvalue weighted by atomic mass is 19.1. The van der Waals surface area contributed by atoms with Gasteiger partial charge in [-0.3, -0.25) is 0 Å². The number of aromatic carboxylic acids is 1. The van der Waals surface area contributed by atoms with Crippen molar-refractivity contribution in [1.29, 1.82) is 0 Å². The summed E-state index contributed by atoms with van der Waals surface area (Å²) in [7, 11) is 0. The van der Waals surface area contributed by atoms with Gasteiger partial charge in [-0.05, 0) is 44.7 Å². The second-order valence-electron chi connectivity index (χ2n) is 5.39. The van der Waals surface area contributed by atoms with Crippen LogP contribution in [0.5, 0.6) is 0 Å². The highest BCUT2D eigenvalue weighted by molar-refractivity contribution is 5.95. The Bertz CT molecular complexity index is 498. The van der Waals surface area contributed by atoms with Crippen LogP contribution in [0.4, 0.5) is 15.8 Å². The second kappa shape index (κ2) is 5.07. The number of nitrogen functional groups attached to an aromatic ring is 1. The zero-order valence-corrected chi connectivity index (χ0v) is 11.2. The van der Waals surface area contributed by atoms with Gasteiger partial charge in [-0.1, -0.05) is 0 Å². The maximum absolute atomic E-state index is 14.1. The van der Waals surface area contributed by atoms with Crippen LogP contribution in [0.15, 0.2) is 12.1 Å². The standard InChI is InChI=1S/C14H19FN2O2/c1-8(2)17(7-9-3-4-9)13-5-10(14(18)19)12(16)6-11(13)15/h5-6,8-9H,3-4,7,16H2,1-2H3,(H,18,19). The Hall–Kier alpha value is -1.78. The van der Waals surface area contributed by atoms with Gasteiger partial charge in [0.25, 0.3) is 0 Å². The number of carboxylic acid groups (broad SMARTS) is 1. The van der Waals surface area contributed by atoms with Crippen LogP contribution < -0.4 is 10.6 Å². The van der Waals surface area contributed by atoms with Gasteiger partial charge >= 0.3 is 5.97 Å². The first kappa shape index (κ1) is 13.6. The number of halogens is 1. The van der Waals surface area contributed by atoms with Crippen molar-refractivity contribution in [3.8, 4) is 0 Å². The first-order chi connectivity index (χ1) is 8.90. The van der Waals surface area contributed by atoms with Crippen LogP contribution in [0.2, 0.25) is 0 Å². The monoisotopic (exact) mass is 266 g/mol. The van der Waals surface area contributed by atoms with Crippen LogP contribution in [0, 0.1) is 11.7 Å². The Morgan fingerprint density at radius 1 is 1.53 bits per heavy atom. The average molecular weight is 266 g/mol. The van der Waals surface area contributed by atoms with Gasteiger partial charge < -0.3 is 15.7 Å². The van der Waals surface area contributed by atoms with Crippen molar-refractivity contribution in [3.05, 3.63) is 23.5 Å². The van der Waals surface area contributed by atoms with E-state index in [1.807, 2.05) is 18.7 Å². The van der Waals surface area contributed by atoms with E-state index >= 15 is 0 Å². The van der Waals surface area contributed by atoms with Crippen LogP contribution in [0.25, 0.3) is 0 Å². The summed E-state index contributed by atoms with van der Waals surface area (Å²) in [5, 5.41) is 9.07. The molecule has 1 fully saturated rings. The van der Waals surface area contributed by atoms with Crippen molar-refractivity contribution in [2.24, 2.45) is 5.92 Å². The Kier molecular flexibility index (Phi) is 3.64. The number of hydrogen-bond donors (Lipinski definition) is 2. The lowest BCUT2D eigenvalue weighted by Gasteiger charge is -2.30. The van der Waals surface area contributed by atoms with Crippen molar-refractivity contribution in [3.63, 3.8) is 0 Å². The number of carboxylic acids is 1. The van der Waals surface area contributed by atoms with Crippen LogP contribution in [-0.4, -0.2) is 23.7 Å². The van der Waals surface area contributed by atoms with Crippen LogP contribution in [0.3, 0.4) is 0 Å². The molecule has 0 aliphatic heterocycles. The molecule has 1 saturated carbocycles. The zero-order valence-electron chi connectivity index (χ0n) is 11.2. The molecule has 0 bridgehead atoms. The Morgan fingerprint density at radius 2 is 2.16 bits per heavy atom. The molecule has 1 aliphatic rings. The van der Waals surface area contributed by atoms with Gasteiger partial charge in [0.1, 0.15) is 5.82 Å². The summed E-state index contributed by atoms with van der Waals surface area (Å²) in [4.78, 5) is 13.0. The molecule has 0 radical (unpaired) electrons. The Morgan fingerprint density at radius 3 is 2.63 bits per heavy atom. The van der Waals surface area contributed by atoms with Gasteiger partial charge in [-0.25, -0.2) is 9.18 Å². The third-order valence-electron chi connectivity index (χ3n) is 3.43. The molecular weight excluding hydrogens is 247 g/mol. The molecule has 19 heavy (non-hydrogen) atoms. The van der Waals surface area contributed by atoms with Crippen molar-refractivity contribution < 1.29 is 14.3 Å². The molecule has 1 aliphatic carbocycles. The molecule has 0 aromatic heterocycles. The molecule has 0 atom stereocenters. The van der Waals surface area contributed by atoms with Gasteiger partial charge in [0, 0.05) is 18.3 Å². The second-order valence-corrected chi connectivity index (χ2v) is 5.39. The predicted octanol–water partition coefficient (Wildman–Crippen LogP) is 2.73. The number of rotatable bonds is 5. The molecule has 1 aromatic rings. The predicted molar refractivity (Wildman–Crippen MR) is 73.0 cm³/mol. The smallest absolute Gasteiger partial charge is 0.337 e. The molecule has 4 nitrogen and oxygen atoms in total. The van der Waals surface area contributed by atoms with Gasteiger partial charge in [-0.15, -0.1) is 0 Å². The summed E-state index contributed by atoms with van der Waals surface area (Å²) in [6.45, 7) is 4.70. The SMILES string of the molecule is CC(C)N(CC1CC1)c1cc(C(=O)O)c(N)cc1F. The molecule has 3 N–H and O–H groups in total. The van der Waals surface area contributed by atoms with Crippen molar-refractivity contribution >= 4 is 17.3 Å². The van der Waals surface area contributed by atoms with E-state index in [1.54, 1.807) is 0 Å². The third kappa shape index (κ3) is 2.97. The first-order valence-electron chi connectivity index (χ1n) is 6.49. The lowest BCUT2D eigenvalue weighted by Crippen LogP contribution is -2.33. The molecule has 0 heterocycles. The fourth-order valence-electron chi connectivity index (χ4n) is 2.15. The van der Waals surface area contributed by atoms with Crippen molar-refractivity contribution in [2.45, 2.75) is 32.7 Å². The number of nitrogens with two attached hydrogens (primary N) is 1. The number of anilines is 2. The average Bonchev–Trinajstić information content (AvgIpc) is 3.09. The molecular formula is C14H19FN2O2. The lowest BCUT2D eigenvalue weighted by molar-refractivity contribution is 0.0698. The first-order valence-corrected chi connectivity index (χ1v) is 6.49. The topological polar surface area (TPSA) is 66.6 Å². The van der Waals surface area contributed by atoms with E-state index in [2.05, 4.69) is 0 Å². The molecule has 5 heteroatoms. The van der Waals surface area contributed by atoms with Crippen molar-refractivity contribution in [1.82, 2.24) is 0 Å². The fraction of sp³-hybridized carbons (Fsp3) is 0.500. The third-order valence-corrected chi connectivity index (χ3v) is 3.43. The van der Waals surface area contributed by atoms with Crippen LogP contribution >= 0.6 is 0 Å². The Balaban J connectivity index is 2.39. The van der Waals surface area contributed by atoms with Crippen molar-refractivity contribution in [2.75, 3.05) is 17.2 Å². The maximum atomic E-state index is 14.1. The summed E-state index contributed by atoms with van der Waals surface area (Å²) in [6.07, 6.45) is 2.32. The minimum Gasteiger partial charge on any atom is -0.478 e. The van der Waals surface area contributed by atoms with Gasteiger partial charge in [0.2, 0.25) is 0 Å². The van der Waals surface area contributed by atoms with E-state index in [0.717, 1.165) is 25.5 Å². The molecule has 1 aromatic carbocycles. The summed E-state index contributed by atoms with van der Waals surface area (Å²) < 4.78 is 14.1. The number of carbonyl (C=O) groups is 1. The van der Waals surface area contributed by atoms with E-state index in [9.17, 15) is 9.18 Å². The number of nitrogens with zero attached hydrogens (tertiary/aromatic N) is 1. The number of hydrogen-bond acceptors (Lipinski definition) is 3. The zero-order chi connectivity index (χ0) is 14.2. The summed E-state index contributed by atoms with van der Waals surface area (Å²) in [5.74, 6) is -1.00. The van der Waals surface area contributed by atoms with Crippen LogP contribution in [0.1, 0.15) is 37.0 Å². The minimum atomic E-state index is -1.13. The quantitative estimate of drug-likeness (QED) is 0.804. The normalized spacial score (nSPS) is 14.7. The molecule has 104 valence electrons. The van der Waals surface area contributed by atoms with E-state index in [0.29, 0.717) is 11.6 Å². The fourth-order valence-corrected chi connectivity index (χ4v) is 2.15. The molecule has 0 saturated heterocycles. The molecule has 0 spiro atoms.